The van der Waals surface area contributed by atoms with Crippen molar-refractivity contribution in [3.05, 3.63) is 77.4 Å². The lowest BCUT2D eigenvalue weighted by Crippen LogP contribution is -2.33. The van der Waals surface area contributed by atoms with Crippen LogP contribution >= 0.6 is 0 Å². The van der Waals surface area contributed by atoms with Crippen molar-refractivity contribution in [2.24, 2.45) is 0 Å². The van der Waals surface area contributed by atoms with Crippen molar-refractivity contribution in [2.75, 3.05) is 6.73 Å². The third kappa shape index (κ3) is 2.37. The summed E-state index contributed by atoms with van der Waals surface area (Å²) in [7, 11) is 0. The van der Waals surface area contributed by atoms with Crippen LogP contribution in [0.2, 0.25) is 0 Å². The van der Waals surface area contributed by atoms with E-state index in [4.69, 9.17) is 4.74 Å². The zero-order valence-electron chi connectivity index (χ0n) is 13.1. The summed E-state index contributed by atoms with van der Waals surface area (Å²) in [6, 6.07) is 17.4. The molecule has 0 bridgehead atoms. The summed E-state index contributed by atoms with van der Waals surface area (Å²) in [5, 5.41) is 1.51. The highest BCUT2D eigenvalue weighted by molar-refractivity contribution is 6.21. The van der Waals surface area contributed by atoms with E-state index in [2.05, 4.69) is 0 Å². The molecular weight excluding hydrogens is 318 g/mol. The van der Waals surface area contributed by atoms with Gasteiger partial charge in [0.25, 0.3) is 11.8 Å². The Hall–Kier alpha value is -3.47. The first-order valence-electron chi connectivity index (χ1n) is 7.75. The molecule has 1 aliphatic rings. The van der Waals surface area contributed by atoms with Gasteiger partial charge in [0.05, 0.1) is 11.1 Å². The van der Waals surface area contributed by atoms with E-state index in [0.29, 0.717) is 22.4 Å². The molecule has 0 atom stereocenters. The van der Waals surface area contributed by atoms with Gasteiger partial charge in [-0.15, -0.1) is 0 Å². The Kier molecular flexibility index (Phi) is 3.54. The Balaban J connectivity index is 1.63. The van der Waals surface area contributed by atoms with E-state index >= 15 is 0 Å². The smallest absolute Gasteiger partial charge is 0.264 e. The van der Waals surface area contributed by atoms with Crippen LogP contribution in [0, 0.1) is 0 Å². The van der Waals surface area contributed by atoms with Gasteiger partial charge in [-0.05, 0) is 29.7 Å². The molecule has 3 aromatic rings. The fraction of sp³-hybridized carbons (Fsp3) is 0.0500. The van der Waals surface area contributed by atoms with Gasteiger partial charge in [-0.25, -0.2) is 4.90 Å². The molecule has 0 N–H and O–H groups in total. The molecule has 0 unspecified atom stereocenters. The predicted molar refractivity (Wildman–Crippen MR) is 91.8 cm³/mol. The summed E-state index contributed by atoms with van der Waals surface area (Å²) in [5.74, 6) is -0.221. The minimum Gasteiger partial charge on any atom is -0.472 e. The molecule has 0 saturated heterocycles. The monoisotopic (exact) mass is 331 g/mol. The van der Waals surface area contributed by atoms with E-state index < -0.39 is 0 Å². The topological polar surface area (TPSA) is 63.7 Å². The minimum absolute atomic E-state index is 0.184. The maximum atomic E-state index is 12.4. The maximum absolute atomic E-state index is 12.4. The van der Waals surface area contributed by atoms with Gasteiger partial charge in [0, 0.05) is 10.9 Å². The Labute approximate surface area is 143 Å². The third-order valence-electron chi connectivity index (χ3n) is 4.27. The summed E-state index contributed by atoms with van der Waals surface area (Å²) >= 11 is 0. The SMILES string of the molecule is O=Cc1ccc(OCN2C(=O)c3ccccc3C2=O)c2ccccc12. The van der Waals surface area contributed by atoms with E-state index in [9.17, 15) is 14.4 Å². The Morgan fingerprint density at radius 2 is 1.40 bits per heavy atom. The first-order valence-corrected chi connectivity index (χ1v) is 7.75. The summed E-state index contributed by atoms with van der Waals surface area (Å²) < 4.78 is 5.74. The Bertz CT molecular complexity index is 990. The van der Waals surface area contributed by atoms with Gasteiger partial charge in [-0.1, -0.05) is 36.4 Å². The van der Waals surface area contributed by atoms with Crippen molar-refractivity contribution >= 4 is 28.9 Å². The van der Waals surface area contributed by atoms with Crippen LogP contribution < -0.4 is 4.74 Å². The number of amides is 2. The largest absolute Gasteiger partial charge is 0.472 e. The molecule has 122 valence electrons. The van der Waals surface area contributed by atoms with Crippen molar-refractivity contribution in [2.45, 2.75) is 0 Å². The summed E-state index contributed by atoms with van der Waals surface area (Å²) in [5.41, 5.74) is 1.33. The number of nitrogens with zero attached hydrogens (tertiary/aromatic N) is 1. The van der Waals surface area contributed by atoms with Gasteiger partial charge in [0.15, 0.2) is 13.0 Å². The van der Waals surface area contributed by atoms with Gasteiger partial charge in [-0.2, -0.15) is 0 Å². The molecule has 5 heteroatoms. The van der Waals surface area contributed by atoms with Crippen LogP contribution in [0.4, 0.5) is 0 Å². The molecule has 0 fully saturated rings. The van der Waals surface area contributed by atoms with E-state index in [0.717, 1.165) is 22.0 Å². The number of imide groups is 1. The van der Waals surface area contributed by atoms with Gasteiger partial charge < -0.3 is 4.74 Å². The highest BCUT2D eigenvalue weighted by Crippen LogP contribution is 2.29. The molecular formula is C20H13NO4. The molecule has 0 radical (unpaired) electrons. The average Bonchev–Trinajstić information content (AvgIpc) is 2.91. The van der Waals surface area contributed by atoms with Crippen LogP contribution in [0.25, 0.3) is 10.8 Å². The van der Waals surface area contributed by atoms with Gasteiger partial charge in [-0.3, -0.25) is 14.4 Å². The highest BCUT2D eigenvalue weighted by atomic mass is 16.5. The predicted octanol–water partition coefficient (Wildman–Crippen LogP) is 3.28. The molecule has 0 aromatic heterocycles. The number of benzene rings is 3. The van der Waals surface area contributed by atoms with Crippen molar-refractivity contribution in [1.29, 1.82) is 0 Å². The van der Waals surface area contributed by atoms with Gasteiger partial charge >= 0.3 is 0 Å². The van der Waals surface area contributed by atoms with Crippen molar-refractivity contribution < 1.29 is 19.1 Å². The van der Waals surface area contributed by atoms with Gasteiger partial charge in [0.2, 0.25) is 0 Å². The van der Waals surface area contributed by atoms with Crippen LogP contribution in [0.5, 0.6) is 5.75 Å². The third-order valence-corrected chi connectivity index (χ3v) is 4.27. The molecule has 5 nitrogen and oxygen atoms in total. The van der Waals surface area contributed by atoms with Crippen LogP contribution in [0.15, 0.2) is 60.7 Å². The molecule has 0 saturated carbocycles. The van der Waals surface area contributed by atoms with Crippen molar-refractivity contribution in [1.82, 2.24) is 4.90 Å². The van der Waals surface area contributed by atoms with Crippen LogP contribution in [0.3, 0.4) is 0 Å². The molecule has 1 aliphatic heterocycles. The number of carbonyl (C=O) groups is 3. The number of ether oxygens (including phenoxy) is 1. The minimum atomic E-state index is -0.366. The maximum Gasteiger partial charge on any atom is 0.264 e. The number of hydrogen-bond donors (Lipinski definition) is 0. The first kappa shape index (κ1) is 15.1. The second-order valence-electron chi connectivity index (χ2n) is 5.67. The van der Waals surface area contributed by atoms with E-state index in [1.807, 2.05) is 24.3 Å². The molecule has 0 aliphatic carbocycles. The first-order chi connectivity index (χ1) is 12.2. The molecule has 0 spiro atoms. The molecule has 1 heterocycles. The molecule has 3 aromatic carbocycles. The summed E-state index contributed by atoms with van der Waals surface area (Å²) in [6.45, 7) is -0.184. The van der Waals surface area contributed by atoms with Crippen molar-refractivity contribution in [3.8, 4) is 5.75 Å². The number of fused-ring (bicyclic) bond motifs is 2. The lowest BCUT2D eigenvalue weighted by Gasteiger charge is -2.16. The van der Waals surface area contributed by atoms with E-state index in [1.54, 1.807) is 36.4 Å². The fourth-order valence-electron chi connectivity index (χ4n) is 3.01. The molecule has 2 amide bonds. The zero-order chi connectivity index (χ0) is 17.4. The molecule has 25 heavy (non-hydrogen) atoms. The number of rotatable bonds is 4. The Morgan fingerprint density at radius 3 is 2.04 bits per heavy atom. The zero-order valence-corrected chi connectivity index (χ0v) is 13.1. The second-order valence-corrected chi connectivity index (χ2v) is 5.67. The van der Waals surface area contributed by atoms with Crippen molar-refractivity contribution in [3.63, 3.8) is 0 Å². The van der Waals surface area contributed by atoms with E-state index in [1.165, 1.54) is 0 Å². The van der Waals surface area contributed by atoms with Crippen LogP contribution in [-0.2, 0) is 0 Å². The average molecular weight is 331 g/mol. The van der Waals surface area contributed by atoms with Crippen LogP contribution in [0.1, 0.15) is 31.1 Å². The molecule has 4 rings (SSSR count). The fourth-order valence-corrected chi connectivity index (χ4v) is 3.01. The summed E-state index contributed by atoms with van der Waals surface area (Å²) in [6.07, 6.45) is 0.788. The lowest BCUT2D eigenvalue weighted by molar-refractivity contribution is 0.0524. The Morgan fingerprint density at radius 1 is 0.800 bits per heavy atom. The number of carbonyl (C=O) groups excluding carboxylic acids is 3. The number of hydrogen-bond acceptors (Lipinski definition) is 4. The normalized spacial score (nSPS) is 13.2. The number of aldehydes is 1. The van der Waals surface area contributed by atoms with Crippen LogP contribution in [-0.4, -0.2) is 29.7 Å². The standard InChI is InChI=1S/C20H13NO4/c22-11-13-9-10-18(15-6-2-1-5-14(13)15)25-12-21-19(23)16-7-3-4-8-17(16)20(21)24/h1-11H,12H2. The lowest BCUT2D eigenvalue weighted by atomic mass is 10.0. The quantitative estimate of drug-likeness (QED) is 0.544. The van der Waals surface area contributed by atoms with E-state index in [-0.39, 0.29) is 18.5 Å². The highest BCUT2D eigenvalue weighted by Gasteiger charge is 2.35. The van der Waals surface area contributed by atoms with Gasteiger partial charge in [0.1, 0.15) is 5.75 Å². The second kappa shape index (κ2) is 5.87. The summed E-state index contributed by atoms with van der Waals surface area (Å²) in [4.78, 5) is 37.0.